The number of aliphatic hydroxyl groups excluding tert-OH is 6. The molecule has 7 unspecified atom stereocenters. The van der Waals surface area contributed by atoms with Crippen LogP contribution in [0.15, 0.2) is 30.3 Å². The normalized spacial score (nSPS) is 37.9. The second kappa shape index (κ2) is 12.5. The Hall–Kier alpha value is -1.71. The Bertz CT molecular complexity index is 790. The Morgan fingerprint density at radius 1 is 0.886 bits per heavy atom. The van der Waals surface area contributed by atoms with Crippen molar-refractivity contribution in [1.29, 1.82) is 0 Å². The SMILES string of the molecule is CC(C)OC1C(O)[C@H](O[C@@H]2C(CO)OC(C(=O)OCc3ccccc3)C(O)C2O)OC(CO)[C@@H]1O. The third-order valence-electron chi connectivity index (χ3n) is 5.86. The van der Waals surface area contributed by atoms with Crippen molar-refractivity contribution in [2.24, 2.45) is 0 Å². The van der Waals surface area contributed by atoms with Gasteiger partial charge in [-0.2, -0.15) is 0 Å². The molecule has 1 aromatic rings. The Kier molecular flexibility index (Phi) is 9.95. The van der Waals surface area contributed by atoms with Crippen LogP contribution >= 0.6 is 0 Å². The Labute approximate surface area is 202 Å². The standard InChI is InChI=1S/C23H34O12/c1-11(2)32-20-15(26)13(8-24)34-23(18(20)29)35-19-14(9-25)33-21(17(28)16(19)27)22(30)31-10-12-6-4-3-5-7-12/h3-7,11,13-21,23-29H,8-10H2,1-2H3/t13?,14?,15-,16?,17?,18?,19+,20?,21?,23-/m0/s1. The first-order valence-electron chi connectivity index (χ1n) is 11.4. The fourth-order valence-corrected chi connectivity index (χ4v) is 4.06. The summed E-state index contributed by atoms with van der Waals surface area (Å²) in [4.78, 5) is 12.5. The van der Waals surface area contributed by atoms with E-state index in [-0.39, 0.29) is 12.7 Å². The predicted octanol–water partition coefficient (Wildman–Crippen LogP) is -2.17. The van der Waals surface area contributed by atoms with Crippen molar-refractivity contribution in [2.45, 2.75) is 87.8 Å². The molecule has 0 radical (unpaired) electrons. The lowest BCUT2D eigenvalue weighted by molar-refractivity contribution is -0.346. The number of esters is 1. The van der Waals surface area contributed by atoms with Crippen LogP contribution in [0.25, 0.3) is 0 Å². The highest BCUT2D eigenvalue weighted by Gasteiger charge is 2.52. The summed E-state index contributed by atoms with van der Waals surface area (Å²) in [5.74, 6) is -0.944. The van der Waals surface area contributed by atoms with E-state index in [2.05, 4.69) is 0 Å². The Morgan fingerprint density at radius 3 is 2.14 bits per heavy atom. The van der Waals surface area contributed by atoms with Gasteiger partial charge in [-0.25, -0.2) is 4.79 Å². The molecule has 0 bridgehead atoms. The summed E-state index contributed by atoms with van der Waals surface area (Å²) in [6.07, 6.45) is -15.1. The molecule has 0 aromatic heterocycles. The van der Waals surface area contributed by atoms with Crippen LogP contribution in [0.3, 0.4) is 0 Å². The van der Waals surface area contributed by atoms with E-state index in [0.29, 0.717) is 5.56 Å². The monoisotopic (exact) mass is 502 g/mol. The Balaban J connectivity index is 1.69. The quantitative estimate of drug-likeness (QED) is 0.201. The molecule has 2 fully saturated rings. The van der Waals surface area contributed by atoms with Gasteiger partial charge in [0, 0.05) is 0 Å². The number of hydrogen-bond donors (Lipinski definition) is 6. The van der Waals surface area contributed by atoms with Crippen molar-refractivity contribution in [3.63, 3.8) is 0 Å². The highest BCUT2D eigenvalue weighted by Crippen LogP contribution is 2.31. The van der Waals surface area contributed by atoms with Gasteiger partial charge in [-0.1, -0.05) is 30.3 Å². The lowest BCUT2D eigenvalue weighted by Gasteiger charge is -2.46. The fraction of sp³-hybridized carbons (Fsp3) is 0.696. The van der Waals surface area contributed by atoms with Gasteiger partial charge in [0.1, 0.15) is 55.4 Å². The van der Waals surface area contributed by atoms with Crippen molar-refractivity contribution in [3.05, 3.63) is 35.9 Å². The molecular weight excluding hydrogens is 468 g/mol. The van der Waals surface area contributed by atoms with Crippen molar-refractivity contribution < 1.29 is 59.1 Å². The number of aliphatic hydroxyl groups is 6. The first kappa shape index (κ1) is 27.9. The van der Waals surface area contributed by atoms with E-state index in [1.165, 1.54) is 0 Å². The number of hydrogen-bond acceptors (Lipinski definition) is 12. The minimum atomic E-state index is -1.78. The van der Waals surface area contributed by atoms with Crippen LogP contribution in [0, 0.1) is 0 Å². The Morgan fingerprint density at radius 2 is 1.54 bits per heavy atom. The van der Waals surface area contributed by atoms with E-state index in [1.54, 1.807) is 44.2 Å². The average molecular weight is 503 g/mol. The zero-order valence-electron chi connectivity index (χ0n) is 19.5. The van der Waals surface area contributed by atoms with Crippen molar-refractivity contribution in [3.8, 4) is 0 Å². The van der Waals surface area contributed by atoms with Gasteiger partial charge in [0.05, 0.1) is 19.3 Å². The summed E-state index contributed by atoms with van der Waals surface area (Å²) < 4.78 is 27.3. The molecule has 10 atom stereocenters. The molecule has 12 heteroatoms. The number of benzene rings is 1. The first-order valence-corrected chi connectivity index (χ1v) is 11.4. The minimum absolute atomic E-state index is 0.0870. The maximum atomic E-state index is 12.5. The summed E-state index contributed by atoms with van der Waals surface area (Å²) in [5.41, 5.74) is 0.703. The summed E-state index contributed by atoms with van der Waals surface area (Å²) in [7, 11) is 0. The molecule has 2 aliphatic heterocycles. The van der Waals surface area contributed by atoms with Crippen LogP contribution in [-0.4, -0.2) is 117 Å². The van der Waals surface area contributed by atoms with Crippen LogP contribution in [-0.2, 0) is 35.1 Å². The van der Waals surface area contributed by atoms with Crippen LogP contribution in [0.5, 0.6) is 0 Å². The molecule has 2 saturated heterocycles. The number of carbonyl (C=O) groups excluding carboxylic acids is 1. The molecule has 2 aliphatic rings. The molecule has 6 N–H and O–H groups in total. The van der Waals surface area contributed by atoms with E-state index >= 15 is 0 Å². The molecule has 0 spiro atoms. The summed E-state index contributed by atoms with van der Waals surface area (Å²) in [6.45, 7) is 1.96. The minimum Gasteiger partial charge on any atom is -0.459 e. The van der Waals surface area contributed by atoms with Crippen LogP contribution in [0.2, 0.25) is 0 Å². The smallest absolute Gasteiger partial charge is 0.338 e. The highest BCUT2D eigenvalue weighted by atomic mass is 16.7. The van der Waals surface area contributed by atoms with E-state index in [9.17, 15) is 35.4 Å². The van der Waals surface area contributed by atoms with E-state index in [4.69, 9.17) is 23.7 Å². The zero-order valence-corrected chi connectivity index (χ0v) is 19.5. The van der Waals surface area contributed by atoms with Crippen LogP contribution in [0.1, 0.15) is 19.4 Å². The second-order valence-corrected chi connectivity index (χ2v) is 8.81. The average Bonchev–Trinajstić information content (AvgIpc) is 2.85. The maximum Gasteiger partial charge on any atom is 0.338 e. The topological polar surface area (TPSA) is 185 Å². The number of carbonyl (C=O) groups is 1. The molecule has 35 heavy (non-hydrogen) atoms. The van der Waals surface area contributed by atoms with Gasteiger partial charge in [-0.3, -0.25) is 0 Å². The molecule has 0 aliphatic carbocycles. The fourth-order valence-electron chi connectivity index (χ4n) is 4.06. The van der Waals surface area contributed by atoms with Crippen molar-refractivity contribution in [1.82, 2.24) is 0 Å². The molecule has 2 heterocycles. The maximum absolute atomic E-state index is 12.5. The van der Waals surface area contributed by atoms with Gasteiger partial charge in [0.25, 0.3) is 0 Å². The van der Waals surface area contributed by atoms with E-state index in [1.807, 2.05) is 0 Å². The van der Waals surface area contributed by atoms with Crippen LogP contribution < -0.4 is 0 Å². The molecule has 0 saturated carbocycles. The number of rotatable bonds is 9. The highest BCUT2D eigenvalue weighted by molar-refractivity contribution is 5.75. The van der Waals surface area contributed by atoms with Gasteiger partial charge in [-0.05, 0) is 19.4 Å². The van der Waals surface area contributed by atoms with Crippen molar-refractivity contribution >= 4 is 5.97 Å². The second-order valence-electron chi connectivity index (χ2n) is 8.81. The number of ether oxygens (including phenoxy) is 5. The predicted molar refractivity (Wildman–Crippen MR) is 117 cm³/mol. The summed E-state index contributed by atoms with van der Waals surface area (Å²) >= 11 is 0. The zero-order chi connectivity index (χ0) is 25.7. The molecular formula is C23H34O12. The molecule has 12 nitrogen and oxygen atoms in total. The largest absolute Gasteiger partial charge is 0.459 e. The molecule has 1 aromatic carbocycles. The van der Waals surface area contributed by atoms with Crippen LogP contribution in [0.4, 0.5) is 0 Å². The van der Waals surface area contributed by atoms with Crippen molar-refractivity contribution in [2.75, 3.05) is 13.2 Å². The molecule has 198 valence electrons. The third-order valence-corrected chi connectivity index (χ3v) is 5.86. The van der Waals surface area contributed by atoms with E-state index < -0.39 is 80.4 Å². The third kappa shape index (κ3) is 6.54. The summed E-state index contributed by atoms with van der Waals surface area (Å²) in [5, 5.41) is 61.7. The van der Waals surface area contributed by atoms with Gasteiger partial charge in [0.15, 0.2) is 12.4 Å². The lowest BCUT2D eigenvalue weighted by atomic mass is 9.94. The lowest BCUT2D eigenvalue weighted by Crippen LogP contribution is -2.65. The van der Waals surface area contributed by atoms with E-state index in [0.717, 1.165) is 0 Å². The van der Waals surface area contributed by atoms with Gasteiger partial charge < -0.3 is 54.3 Å². The van der Waals surface area contributed by atoms with Gasteiger partial charge in [-0.15, -0.1) is 0 Å². The van der Waals surface area contributed by atoms with Gasteiger partial charge >= 0.3 is 5.97 Å². The first-order chi connectivity index (χ1) is 16.7. The summed E-state index contributed by atoms with van der Waals surface area (Å²) in [6, 6.07) is 8.81. The molecule has 0 amide bonds. The van der Waals surface area contributed by atoms with Gasteiger partial charge in [0.2, 0.25) is 0 Å². The molecule has 3 rings (SSSR count).